The third-order valence-corrected chi connectivity index (χ3v) is 3.54. The summed E-state index contributed by atoms with van der Waals surface area (Å²) >= 11 is 1.54. The van der Waals surface area contributed by atoms with E-state index in [1.54, 1.807) is 17.5 Å². The lowest BCUT2D eigenvalue weighted by Gasteiger charge is -1.95. The van der Waals surface area contributed by atoms with Gasteiger partial charge in [0.1, 0.15) is 10.7 Å². The number of rotatable bonds is 3. The molecule has 0 radical (unpaired) electrons. The second kappa shape index (κ2) is 4.62. The number of ketones is 1. The van der Waals surface area contributed by atoms with E-state index >= 15 is 0 Å². The van der Waals surface area contributed by atoms with Crippen LogP contribution >= 0.6 is 11.3 Å². The van der Waals surface area contributed by atoms with Gasteiger partial charge >= 0.3 is 0 Å². The van der Waals surface area contributed by atoms with Gasteiger partial charge in [-0.3, -0.25) is 9.78 Å². The lowest BCUT2D eigenvalue weighted by molar-refractivity contribution is 0.0988. The molecular formula is C13H9N3OS. The second-order valence-corrected chi connectivity index (χ2v) is 4.88. The maximum atomic E-state index is 12.0. The van der Waals surface area contributed by atoms with Crippen LogP contribution in [0.3, 0.4) is 0 Å². The van der Waals surface area contributed by atoms with E-state index in [0.29, 0.717) is 5.69 Å². The van der Waals surface area contributed by atoms with E-state index in [1.165, 1.54) is 12.4 Å². The lowest BCUT2D eigenvalue weighted by atomic mass is 10.2. The molecule has 0 fully saturated rings. The predicted octanol–water partition coefficient (Wildman–Crippen LogP) is 2.51. The number of carbonyl (C=O) groups is 1. The van der Waals surface area contributed by atoms with Crippen molar-refractivity contribution < 1.29 is 4.79 Å². The first-order chi connectivity index (χ1) is 8.83. The van der Waals surface area contributed by atoms with Gasteiger partial charge in [0.2, 0.25) is 0 Å². The minimum atomic E-state index is -0.0536. The molecule has 0 aliphatic carbocycles. The first-order valence-corrected chi connectivity index (χ1v) is 6.28. The molecule has 0 aliphatic heterocycles. The van der Waals surface area contributed by atoms with E-state index in [0.717, 1.165) is 15.2 Å². The van der Waals surface area contributed by atoms with Gasteiger partial charge in [-0.2, -0.15) is 0 Å². The van der Waals surface area contributed by atoms with E-state index in [4.69, 9.17) is 0 Å². The number of benzene rings is 1. The molecule has 0 spiro atoms. The maximum absolute atomic E-state index is 12.0. The van der Waals surface area contributed by atoms with Crippen LogP contribution in [0.25, 0.3) is 10.2 Å². The first kappa shape index (κ1) is 11.0. The summed E-state index contributed by atoms with van der Waals surface area (Å²) in [4.78, 5) is 24.3. The van der Waals surface area contributed by atoms with Crippen molar-refractivity contribution in [3.63, 3.8) is 0 Å². The van der Waals surface area contributed by atoms with Gasteiger partial charge in [-0.15, -0.1) is 11.3 Å². The number of carbonyl (C=O) groups excluding carboxylic acids is 1. The van der Waals surface area contributed by atoms with Crippen molar-refractivity contribution in [3.05, 3.63) is 53.6 Å². The van der Waals surface area contributed by atoms with Crippen molar-refractivity contribution in [2.24, 2.45) is 0 Å². The topological polar surface area (TPSA) is 55.7 Å². The Kier molecular flexibility index (Phi) is 2.82. The Balaban J connectivity index is 1.86. The SMILES string of the molecule is O=C(Cc1nc2ccccc2s1)c1cnccn1. The molecule has 2 heterocycles. The van der Waals surface area contributed by atoms with Crippen LogP contribution in [0, 0.1) is 0 Å². The largest absolute Gasteiger partial charge is 0.292 e. The van der Waals surface area contributed by atoms with Gasteiger partial charge in [-0.25, -0.2) is 9.97 Å². The maximum Gasteiger partial charge on any atom is 0.189 e. The average molecular weight is 255 g/mol. The predicted molar refractivity (Wildman–Crippen MR) is 69.7 cm³/mol. The molecule has 0 unspecified atom stereocenters. The van der Waals surface area contributed by atoms with Crippen molar-refractivity contribution in [3.8, 4) is 0 Å². The fraction of sp³-hybridized carbons (Fsp3) is 0.0769. The van der Waals surface area contributed by atoms with Crippen molar-refractivity contribution in [1.29, 1.82) is 0 Å². The van der Waals surface area contributed by atoms with Crippen LogP contribution in [0.5, 0.6) is 0 Å². The molecule has 3 aromatic rings. The summed E-state index contributed by atoms with van der Waals surface area (Å²) in [5.74, 6) is -0.0536. The molecule has 3 rings (SSSR count). The number of Topliss-reactive ketones (excluding diaryl/α,β-unsaturated/α-hetero) is 1. The number of nitrogens with zero attached hydrogens (tertiary/aromatic N) is 3. The van der Waals surface area contributed by atoms with Crippen LogP contribution in [0.2, 0.25) is 0 Å². The molecular weight excluding hydrogens is 246 g/mol. The normalized spacial score (nSPS) is 10.7. The molecule has 0 aliphatic rings. The molecule has 2 aromatic heterocycles. The zero-order chi connectivity index (χ0) is 12.4. The number of hydrogen-bond acceptors (Lipinski definition) is 5. The number of fused-ring (bicyclic) bond motifs is 1. The molecule has 0 saturated carbocycles. The molecule has 0 bridgehead atoms. The highest BCUT2D eigenvalue weighted by molar-refractivity contribution is 7.18. The van der Waals surface area contributed by atoms with E-state index in [2.05, 4.69) is 15.0 Å². The number of aromatic nitrogens is 3. The summed E-state index contributed by atoms with van der Waals surface area (Å²) in [7, 11) is 0. The van der Waals surface area contributed by atoms with Crippen LogP contribution in [-0.2, 0) is 6.42 Å². The Morgan fingerprint density at radius 2 is 2.11 bits per heavy atom. The van der Waals surface area contributed by atoms with Crippen LogP contribution in [-0.4, -0.2) is 20.7 Å². The summed E-state index contributed by atoms with van der Waals surface area (Å²) in [6.07, 6.45) is 4.83. The summed E-state index contributed by atoms with van der Waals surface area (Å²) in [6.45, 7) is 0. The van der Waals surface area contributed by atoms with Crippen LogP contribution in [0.15, 0.2) is 42.9 Å². The lowest BCUT2D eigenvalue weighted by Crippen LogP contribution is -2.05. The summed E-state index contributed by atoms with van der Waals surface area (Å²) in [5, 5.41) is 0.812. The molecule has 0 atom stereocenters. The van der Waals surface area contributed by atoms with Crippen LogP contribution in [0.1, 0.15) is 15.5 Å². The summed E-state index contributed by atoms with van der Waals surface area (Å²) in [5.41, 5.74) is 1.32. The Labute approximate surface area is 107 Å². The quantitative estimate of drug-likeness (QED) is 0.675. The third-order valence-electron chi connectivity index (χ3n) is 2.50. The number of thiazole rings is 1. The Morgan fingerprint density at radius 3 is 2.89 bits per heavy atom. The third kappa shape index (κ3) is 2.12. The van der Waals surface area contributed by atoms with Gasteiger partial charge < -0.3 is 0 Å². The van der Waals surface area contributed by atoms with Gasteiger partial charge in [0, 0.05) is 12.4 Å². The average Bonchev–Trinajstić information content (AvgIpc) is 2.82. The fourth-order valence-corrected chi connectivity index (χ4v) is 2.63. The smallest absolute Gasteiger partial charge is 0.189 e. The monoisotopic (exact) mass is 255 g/mol. The van der Waals surface area contributed by atoms with E-state index in [9.17, 15) is 4.79 Å². The van der Waals surface area contributed by atoms with Gasteiger partial charge in [-0.1, -0.05) is 12.1 Å². The van der Waals surface area contributed by atoms with E-state index in [-0.39, 0.29) is 12.2 Å². The highest BCUT2D eigenvalue weighted by Crippen LogP contribution is 2.22. The molecule has 1 aromatic carbocycles. The standard InChI is InChI=1S/C13H9N3OS/c17-11(10-8-14-5-6-15-10)7-13-16-9-3-1-2-4-12(9)18-13/h1-6,8H,7H2. The molecule has 18 heavy (non-hydrogen) atoms. The fourth-order valence-electron chi connectivity index (χ4n) is 1.67. The Hall–Kier alpha value is -2.14. The zero-order valence-electron chi connectivity index (χ0n) is 9.41. The van der Waals surface area contributed by atoms with Crippen molar-refractivity contribution in [2.75, 3.05) is 0 Å². The van der Waals surface area contributed by atoms with Crippen molar-refractivity contribution in [2.45, 2.75) is 6.42 Å². The van der Waals surface area contributed by atoms with Gasteiger partial charge in [0.05, 0.1) is 22.8 Å². The Bertz CT molecular complexity index is 661. The molecule has 4 nitrogen and oxygen atoms in total. The molecule has 0 saturated heterocycles. The minimum absolute atomic E-state index is 0.0536. The van der Waals surface area contributed by atoms with Crippen molar-refractivity contribution >= 4 is 27.3 Å². The number of para-hydroxylation sites is 1. The summed E-state index contributed by atoms with van der Waals surface area (Å²) < 4.78 is 1.10. The van der Waals surface area contributed by atoms with Crippen molar-refractivity contribution in [1.82, 2.24) is 15.0 Å². The number of hydrogen-bond donors (Lipinski definition) is 0. The minimum Gasteiger partial charge on any atom is -0.292 e. The highest BCUT2D eigenvalue weighted by atomic mass is 32.1. The van der Waals surface area contributed by atoms with Gasteiger partial charge in [0.15, 0.2) is 5.78 Å². The van der Waals surface area contributed by atoms with E-state index < -0.39 is 0 Å². The summed E-state index contributed by atoms with van der Waals surface area (Å²) in [6, 6.07) is 7.86. The molecule has 0 amide bonds. The van der Waals surface area contributed by atoms with E-state index in [1.807, 2.05) is 24.3 Å². The second-order valence-electron chi connectivity index (χ2n) is 3.77. The highest BCUT2D eigenvalue weighted by Gasteiger charge is 2.11. The van der Waals surface area contributed by atoms with Gasteiger partial charge in [0.25, 0.3) is 0 Å². The van der Waals surface area contributed by atoms with Crippen LogP contribution < -0.4 is 0 Å². The Morgan fingerprint density at radius 1 is 1.22 bits per heavy atom. The van der Waals surface area contributed by atoms with Gasteiger partial charge in [-0.05, 0) is 12.1 Å². The van der Waals surface area contributed by atoms with Crippen LogP contribution in [0.4, 0.5) is 0 Å². The molecule has 88 valence electrons. The first-order valence-electron chi connectivity index (χ1n) is 5.46. The zero-order valence-corrected chi connectivity index (χ0v) is 10.2. The molecule has 5 heteroatoms. The molecule has 0 N–H and O–H groups in total.